The number of fused-ring (bicyclic) bond motifs is 1. The van der Waals surface area contributed by atoms with Gasteiger partial charge in [-0.05, 0) is 48.5 Å². The van der Waals surface area contributed by atoms with Gasteiger partial charge in [-0.15, -0.1) is 0 Å². The third-order valence-corrected chi connectivity index (χ3v) is 4.43. The Balaban J connectivity index is 1.62. The smallest absolute Gasteiger partial charge is 0.146 e. The first-order chi connectivity index (χ1) is 14.2. The minimum atomic E-state index is 0.310. The highest BCUT2D eigenvalue weighted by Gasteiger charge is 2.08. The van der Waals surface area contributed by atoms with E-state index in [1.54, 1.807) is 6.07 Å². The Hall–Kier alpha value is -3.59. The number of ether oxygens (including phenoxy) is 1. The van der Waals surface area contributed by atoms with E-state index in [4.69, 9.17) is 22.1 Å². The van der Waals surface area contributed by atoms with E-state index in [2.05, 4.69) is 27.1 Å². The Kier molecular flexibility index (Phi) is 5.57. The Labute approximate surface area is 173 Å². The molecule has 0 aliphatic rings. The molecule has 0 aliphatic carbocycles. The lowest BCUT2D eigenvalue weighted by atomic mass is 10.1. The molecule has 3 aromatic carbocycles. The largest absolute Gasteiger partial charge is 0.456 e. The summed E-state index contributed by atoms with van der Waals surface area (Å²) in [5, 5.41) is 4.65. The predicted molar refractivity (Wildman–Crippen MR) is 117 cm³/mol. The van der Waals surface area contributed by atoms with Crippen molar-refractivity contribution < 1.29 is 4.74 Å². The van der Waals surface area contributed by atoms with Crippen LogP contribution in [0.5, 0.6) is 11.5 Å². The Bertz CT molecular complexity index is 1220. The highest BCUT2D eigenvalue weighted by Crippen LogP contribution is 2.33. The average Bonchev–Trinajstić information content (AvgIpc) is 2.75. The molecule has 1 heterocycles. The van der Waals surface area contributed by atoms with E-state index < -0.39 is 0 Å². The van der Waals surface area contributed by atoms with Gasteiger partial charge in [0.25, 0.3) is 0 Å². The molecule has 1 aromatic heterocycles. The molecular formula is C23H17ClN4O. The molecule has 0 saturated carbocycles. The summed E-state index contributed by atoms with van der Waals surface area (Å²) in [6.45, 7) is 0.310. The molecule has 0 bridgehead atoms. The molecule has 29 heavy (non-hydrogen) atoms. The Morgan fingerprint density at radius 1 is 1.00 bits per heavy atom. The van der Waals surface area contributed by atoms with E-state index in [-0.39, 0.29) is 0 Å². The van der Waals surface area contributed by atoms with Crippen LogP contribution >= 0.6 is 11.6 Å². The van der Waals surface area contributed by atoms with Crippen LogP contribution in [0.4, 0.5) is 11.5 Å². The quantitative estimate of drug-likeness (QED) is 0.464. The summed E-state index contributed by atoms with van der Waals surface area (Å²) < 4.78 is 5.83. The average molecular weight is 401 g/mol. The highest BCUT2D eigenvalue weighted by molar-refractivity contribution is 6.32. The van der Waals surface area contributed by atoms with Gasteiger partial charge in [-0.3, -0.25) is 0 Å². The first-order valence-electron chi connectivity index (χ1n) is 8.96. The normalized spacial score (nSPS) is 10.3. The molecule has 4 rings (SSSR count). The van der Waals surface area contributed by atoms with Gasteiger partial charge in [-0.1, -0.05) is 41.6 Å². The number of aromatic nitrogens is 2. The second-order valence-electron chi connectivity index (χ2n) is 6.15. The van der Waals surface area contributed by atoms with Crippen molar-refractivity contribution in [3.63, 3.8) is 0 Å². The number of para-hydroxylation sites is 1. The molecule has 5 nitrogen and oxygen atoms in total. The zero-order chi connectivity index (χ0) is 20.1. The van der Waals surface area contributed by atoms with Crippen molar-refractivity contribution in [2.75, 3.05) is 11.9 Å². The second kappa shape index (κ2) is 8.61. The molecule has 0 aliphatic heterocycles. The lowest BCUT2D eigenvalue weighted by molar-refractivity contribution is 0.483. The minimum absolute atomic E-state index is 0.310. The standard InChI is InChI=1S/C23H17ClN4O/c24-20-14-17(9-11-22(20)29-18-6-2-1-3-7-18)28-23-19-13-16(5-4-12-25)8-10-21(19)26-15-27-23/h1-3,6-11,13-15H,12,25H2,(H,26,27,28). The topological polar surface area (TPSA) is 73.1 Å². The summed E-state index contributed by atoms with van der Waals surface area (Å²) >= 11 is 6.42. The first-order valence-corrected chi connectivity index (χ1v) is 9.34. The van der Waals surface area contributed by atoms with Crippen LogP contribution in [0.2, 0.25) is 5.02 Å². The maximum absolute atomic E-state index is 6.42. The molecule has 142 valence electrons. The summed E-state index contributed by atoms with van der Waals surface area (Å²) in [5.74, 6) is 7.86. The number of benzene rings is 3. The molecule has 0 amide bonds. The second-order valence-corrected chi connectivity index (χ2v) is 6.55. The van der Waals surface area contributed by atoms with E-state index in [0.717, 1.165) is 27.9 Å². The Morgan fingerprint density at radius 3 is 2.66 bits per heavy atom. The molecule has 4 aromatic rings. The van der Waals surface area contributed by atoms with Crippen LogP contribution in [0, 0.1) is 11.8 Å². The zero-order valence-corrected chi connectivity index (χ0v) is 16.1. The summed E-state index contributed by atoms with van der Waals surface area (Å²) in [4.78, 5) is 8.69. The van der Waals surface area contributed by atoms with Gasteiger partial charge >= 0.3 is 0 Å². The predicted octanol–water partition coefficient (Wildman–Crippen LogP) is 5.13. The van der Waals surface area contributed by atoms with Gasteiger partial charge in [-0.25, -0.2) is 9.97 Å². The number of anilines is 2. The van der Waals surface area contributed by atoms with Crippen LogP contribution < -0.4 is 15.8 Å². The van der Waals surface area contributed by atoms with Crippen LogP contribution in [0.1, 0.15) is 5.56 Å². The van der Waals surface area contributed by atoms with Crippen molar-refractivity contribution in [3.05, 3.63) is 83.6 Å². The van der Waals surface area contributed by atoms with Gasteiger partial charge in [0.05, 0.1) is 17.1 Å². The number of nitrogens with zero attached hydrogens (tertiary/aromatic N) is 2. The zero-order valence-electron chi connectivity index (χ0n) is 15.4. The maximum atomic E-state index is 6.42. The SMILES string of the molecule is NCC#Cc1ccc2ncnc(Nc3ccc(Oc4ccccc4)c(Cl)c3)c2c1. The van der Waals surface area contributed by atoms with Gasteiger partial charge in [0.15, 0.2) is 0 Å². The molecule has 3 N–H and O–H groups in total. The Morgan fingerprint density at radius 2 is 1.86 bits per heavy atom. The van der Waals surface area contributed by atoms with Gasteiger partial charge in [-0.2, -0.15) is 0 Å². The van der Waals surface area contributed by atoms with Crippen LogP contribution in [-0.2, 0) is 0 Å². The number of nitrogens with two attached hydrogens (primary N) is 1. The molecule has 0 saturated heterocycles. The fourth-order valence-electron chi connectivity index (χ4n) is 2.80. The van der Waals surface area contributed by atoms with Gasteiger partial charge in [0, 0.05) is 16.6 Å². The van der Waals surface area contributed by atoms with Crippen LogP contribution in [0.15, 0.2) is 73.1 Å². The van der Waals surface area contributed by atoms with Crippen LogP contribution in [0.25, 0.3) is 10.9 Å². The molecule has 0 spiro atoms. The summed E-state index contributed by atoms with van der Waals surface area (Å²) in [6, 6.07) is 20.8. The van der Waals surface area contributed by atoms with Crippen molar-refractivity contribution in [1.29, 1.82) is 0 Å². The van der Waals surface area contributed by atoms with E-state index in [9.17, 15) is 0 Å². The fourth-order valence-corrected chi connectivity index (χ4v) is 3.02. The molecule has 0 unspecified atom stereocenters. The number of hydrogen-bond donors (Lipinski definition) is 2. The lowest BCUT2D eigenvalue weighted by Gasteiger charge is -2.11. The molecule has 0 fully saturated rings. The van der Waals surface area contributed by atoms with Crippen molar-refractivity contribution in [2.24, 2.45) is 5.73 Å². The van der Waals surface area contributed by atoms with Crippen molar-refractivity contribution in [2.45, 2.75) is 0 Å². The maximum Gasteiger partial charge on any atom is 0.146 e. The number of nitrogens with one attached hydrogen (secondary N) is 1. The van der Waals surface area contributed by atoms with Crippen LogP contribution in [0.3, 0.4) is 0 Å². The third kappa shape index (κ3) is 4.46. The monoisotopic (exact) mass is 400 g/mol. The number of halogens is 1. The van der Waals surface area contributed by atoms with Crippen LogP contribution in [-0.4, -0.2) is 16.5 Å². The molecule has 0 atom stereocenters. The minimum Gasteiger partial charge on any atom is -0.456 e. The van der Waals surface area contributed by atoms with E-state index >= 15 is 0 Å². The summed E-state index contributed by atoms with van der Waals surface area (Å²) in [6.07, 6.45) is 1.52. The van der Waals surface area contributed by atoms with Gasteiger partial charge in [0.1, 0.15) is 23.6 Å². The lowest BCUT2D eigenvalue weighted by Crippen LogP contribution is -1.97. The summed E-state index contributed by atoms with van der Waals surface area (Å²) in [5.41, 5.74) is 7.92. The van der Waals surface area contributed by atoms with Gasteiger partial charge in [0.2, 0.25) is 0 Å². The molecule has 6 heteroatoms. The molecular weight excluding hydrogens is 384 g/mol. The molecule has 0 radical (unpaired) electrons. The number of hydrogen-bond acceptors (Lipinski definition) is 5. The van der Waals surface area contributed by atoms with E-state index in [1.807, 2.05) is 60.7 Å². The third-order valence-electron chi connectivity index (χ3n) is 4.14. The fraction of sp³-hybridized carbons (Fsp3) is 0.0435. The summed E-state index contributed by atoms with van der Waals surface area (Å²) in [7, 11) is 0. The van der Waals surface area contributed by atoms with Crippen molar-refractivity contribution >= 4 is 34.0 Å². The van der Waals surface area contributed by atoms with E-state index in [0.29, 0.717) is 23.1 Å². The van der Waals surface area contributed by atoms with Crippen molar-refractivity contribution in [1.82, 2.24) is 9.97 Å². The number of rotatable bonds is 4. The highest BCUT2D eigenvalue weighted by atomic mass is 35.5. The van der Waals surface area contributed by atoms with E-state index in [1.165, 1.54) is 6.33 Å². The van der Waals surface area contributed by atoms with Gasteiger partial charge < -0.3 is 15.8 Å². The first kappa shape index (κ1) is 18.8. The van der Waals surface area contributed by atoms with Crippen molar-refractivity contribution in [3.8, 4) is 23.3 Å².